The van der Waals surface area contributed by atoms with Gasteiger partial charge in [0.05, 0.1) is 5.56 Å². The number of nitrogen functional groups attached to an aromatic ring is 1. The fourth-order valence-electron chi connectivity index (χ4n) is 2.05. The van der Waals surface area contributed by atoms with Crippen molar-refractivity contribution in [2.75, 3.05) is 5.73 Å². The zero-order chi connectivity index (χ0) is 16.9. The van der Waals surface area contributed by atoms with Crippen molar-refractivity contribution in [1.82, 2.24) is 0 Å². The summed E-state index contributed by atoms with van der Waals surface area (Å²) in [6, 6.07) is 20.5. The monoisotopic (exact) mass is 321 g/mol. The van der Waals surface area contributed by atoms with E-state index in [2.05, 4.69) is 0 Å². The molecule has 3 aromatic carbocycles. The Hall–Kier alpha value is -3.47. The van der Waals surface area contributed by atoms with Crippen LogP contribution >= 0.6 is 0 Å². The fraction of sp³-hybridized carbons (Fsp3) is 0. The van der Waals surface area contributed by atoms with Gasteiger partial charge < -0.3 is 20.3 Å². The van der Waals surface area contributed by atoms with E-state index in [4.69, 9.17) is 20.3 Å². The molecule has 0 aromatic heterocycles. The average molecular weight is 321 g/mol. The Morgan fingerprint density at radius 1 is 0.667 bits per heavy atom. The average Bonchev–Trinajstić information content (AvgIpc) is 2.59. The topological polar surface area (TPSA) is 81.8 Å². The number of ether oxygens (including phenoxy) is 2. The van der Waals surface area contributed by atoms with Crippen LogP contribution in [0.25, 0.3) is 0 Å². The second-order valence-corrected chi connectivity index (χ2v) is 5.07. The molecule has 0 atom stereocenters. The van der Waals surface area contributed by atoms with Gasteiger partial charge in [0.15, 0.2) is 0 Å². The Morgan fingerprint density at radius 2 is 1.00 bits per heavy atom. The van der Waals surface area contributed by atoms with Crippen molar-refractivity contribution in [1.29, 1.82) is 0 Å². The van der Waals surface area contributed by atoms with E-state index in [-0.39, 0.29) is 5.56 Å². The number of hydrogen-bond donors (Lipinski definition) is 2. The van der Waals surface area contributed by atoms with E-state index in [0.29, 0.717) is 28.7 Å². The fourth-order valence-corrected chi connectivity index (χ4v) is 2.05. The molecular formula is C19H15NO4. The van der Waals surface area contributed by atoms with E-state index in [1.165, 1.54) is 12.1 Å². The van der Waals surface area contributed by atoms with Gasteiger partial charge in [0.2, 0.25) is 0 Å². The van der Waals surface area contributed by atoms with Crippen LogP contribution in [0.2, 0.25) is 0 Å². The first-order valence-corrected chi connectivity index (χ1v) is 7.25. The van der Waals surface area contributed by atoms with Gasteiger partial charge in [0.25, 0.3) is 0 Å². The van der Waals surface area contributed by atoms with Gasteiger partial charge in [-0.1, -0.05) is 0 Å². The Morgan fingerprint density at radius 3 is 1.38 bits per heavy atom. The van der Waals surface area contributed by atoms with E-state index in [9.17, 15) is 4.79 Å². The van der Waals surface area contributed by atoms with Crippen LogP contribution in [0.4, 0.5) is 5.69 Å². The quantitative estimate of drug-likeness (QED) is 0.674. The third-order valence-corrected chi connectivity index (χ3v) is 3.28. The van der Waals surface area contributed by atoms with Crippen LogP contribution in [0.15, 0.2) is 72.8 Å². The molecule has 0 bridgehead atoms. The molecule has 3 N–H and O–H groups in total. The second kappa shape index (κ2) is 6.75. The lowest BCUT2D eigenvalue weighted by atomic mass is 10.2. The van der Waals surface area contributed by atoms with Crippen LogP contribution in [-0.4, -0.2) is 11.1 Å². The normalized spacial score (nSPS) is 10.2. The minimum absolute atomic E-state index is 0.217. The highest BCUT2D eigenvalue weighted by Gasteiger charge is 2.04. The van der Waals surface area contributed by atoms with Crippen LogP contribution in [-0.2, 0) is 0 Å². The molecule has 120 valence electrons. The summed E-state index contributed by atoms with van der Waals surface area (Å²) in [5.41, 5.74) is 6.53. The van der Waals surface area contributed by atoms with Crippen LogP contribution < -0.4 is 15.2 Å². The van der Waals surface area contributed by atoms with Crippen molar-refractivity contribution in [2.45, 2.75) is 0 Å². The first-order chi connectivity index (χ1) is 11.6. The zero-order valence-corrected chi connectivity index (χ0v) is 12.7. The Labute approximate surface area is 138 Å². The third-order valence-electron chi connectivity index (χ3n) is 3.28. The van der Waals surface area contributed by atoms with Crippen molar-refractivity contribution >= 4 is 11.7 Å². The maximum atomic E-state index is 10.8. The standard InChI is InChI=1S/C19H15NO4/c20-14-3-7-16(8-4-14)24-18-11-9-17(10-12-18)23-15-5-1-13(2-6-15)19(21)22/h1-12H,20H2,(H,21,22). The van der Waals surface area contributed by atoms with E-state index in [1.807, 2.05) is 0 Å². The number of nitrogens with two attached hydrogens (primary N) is 1. The molecule has 3 aromatic rings. The van der Waals surface area contributed by atoms with Crippen LogP contribution in [0.5, 0.6) is 23.0 Å². The van der Waals surface area contributed by atoms with Crippen molar-refractivity contribution in [3.63, 3.8) is 0 Å². The van der Waals surface area contributed by atoms with Gasteiger partial charge in [-0.25, -0.2) is 4.79 Å². The highest BCUT2D eigenvalue weighted by atomic mass is 16.5. The number of hydrogen-bond acceptors (Lipinski definition) is 4. The lowest BCUT2D eigenvalue weighted by Gasteiger charge is -2.08. The van der Waals surface area contributed by atoms with Gasteiger partial charge in [-0.2, -0.15) is 0 Å². The molecule has 0 unspecified atom stereocenters. The SMILES string of the molecule is Nc1ccc(Oc2ccc(Oc3ccc(C(=O)O)cc3)cc2)cc1. The Kier molecular flexibility index (Phi) is 4.34. The molecule has 0 aliphatic carbocycles. The van der Waals surface area contributed by atoms with Gasteiger partial charge in [0, 0.05) is 5.69 Å². The molecule has 0 heterocycles. The summed E-state index contributed by atoms with van der Waals surface area (Å²) in [6.45, 7) is 0. The van der Waals surface area contributed by atoms with Gasteiger partial charge in [-0.3, -0.25) is 0 Å². The van der Waals surface area contributed by atoms with Crippen molar-refractivity contribution < 1.29 is 19.4 Å². The van der Waals surface area contributed by atoms with Gasteiger partial charge in [-0.15, -0.1) is 0 Å². The molecule has 5 heteroatoms. The molecule has 0 amide bonds. The second-order valence-electron chi connectivity index (χ2n) is 5.07. The molecule has 3 rings (SSSR count). The lowest BCUT2D eigenvalue weighted by Crippen LogP contribution is -1.95. The van der Waals surface area contributed by atoms with Gasteiger partial charge >= 0.3 is 5.97 Å². The molecule has 0 saturated heterocycles. The highest BCUT2D eigenvalue weighted by Crippen LogP contribution is 2.27. The van der Waals surface area contributed by atoms with Crippen molar-refractivity contribution in [3.05, 3.63) is 78.4 Å². The minimum atomic E-state index is -0.967. The largest absolute Gasteiger partial charge is 0.478 e. The predicted molar refractivity (Wildman–Crippen MR) is 90.8 cm³/mol. The number of carboxylic acid groups (broad SMARTS) is 1. The maximum Gasteiger partial charge on any atom is 0.335 e. The summed E-state index contributed by atoms with van der Waals surface area (Å²) in [5.74, 6) is 1.59. The molecule has 0 spiro atoms. The molecule has 0 aliphatic heterocycles. The molecule has 0 radical (unpaired) electrons. The number of carboxylic acids is 1. The summed E-state index contributed by atoms with van der Waals surface area (Å²) in [4.78, 5) is 10.8. The van der Waals surface area contributed by atoms with Crippen LogP contribution in [0, 0.1) is 0 Å². The van der Waals surface area contributed by atoms with E-state index < -0.39 is 5.97 Å². The van der Waals surface area contributed by atoms with Crippen LogP contribution in [0.3, 0.4) is 0 Å². The first-order valence-electron chi connectivity index (χ1n) is 7.25. The zero-order valence-electron chi connectivity index (χ0n) is 12.7. The van der Waals surface area contributed by atoms with Crippen LogP contribution in [0.1, 0.15) is 10.4 Å². The summed E-state index contributed by atoms with van der Waals surface area (Å²) < 4.78 is 11.4. The molecule has 0 fully saturated rings. The third kappa shape index (κ3) is 3.84. The van der Waals surface area contributed by atoms with Crippen molar-refractivity contribution in [2.24, 2.45) is 0 Å². The number of benzene rings is 3. The van der Waals surface area contributed by atoms with E-state index in [0.717, 1.165) is 0 Å². The molecule has 24 heavy (non-hydrogen) atoms. The van der Waals surface area contributed by atoms with E-state index in [1.54, 1.807) is 60.7 Å². The highest BCUT2D eigenvalue weighted by molar-refractivity contribution is 5.87. The number of rotatable bonds is 5. The predicted octanol–water partition coefficient (Wildman–Crippen LogP) is 4.55. The molecule has 5 nitrogen and oxygen atoms in total. The molecule has 0 saturated carbocycles. The number of anilines is 1. The van der Waals surface area contributed by atoms with Gasteiger partial charge in [-0.05, 0) is 72.8 Å². The summed E-state index contributed by atoms with van der Waals surface area (Å²) in [5, 5.41) is 8.87. The summed E-state index contributed by atoms with van der Waals surface area (Å²) in [7, 11) is 0. The number of carbonyl (C=O) groups is 1. The molecule has 0 aliphatic rings. The van der Waals surface area contributed by atoms with E-state index >= 15 is 0 Å². The summed E-state index contributed by atoms with van der Waals surface area (Å²) >= 11 is 0. The summed E-state index contributed by atoms with van der Waals surface area (Å²) in [6.07, 6.45) is 0. The van der Waals surface area contributed by atoms with Gasteiger partial charge in [0.1, 0.15) is 23.0 Å². The minimum Gasteiger partial charge on any atom is -0.478 e. The maximum absolute atomic E-state index is 10.8. The Bertz CT molecular complexity index is 825. The number of aromatic carboxylic acids is 1. The lowest BCUT2D eigenvalue weighted by molar-refractivity contribution is 0.0697. The smallest absolute Gasteiger partial charge is 0.335 e. The first kappa shape index (κ1) is 15.4. The Balaban J connectivity index is 1.65. The molecular weight excluding hydrogens is 306 g/mol. The van der Waals surface area contributed by atoms with Crippen molar-refractivity contribution in [3.8, 4) is 23.0 Å².